The van der Waals surface area contributed by atoms with E-state index in [-0.39, 0.29) is 18.5 Å². The Morgan fingerprint density at radius 2 is 2.24 bits per heavy atom. The van der Waals surface area contributed by atoms with Crippen molar-refractivity contribution in [3.63, 3.8) is 0 Å². The van der Waals surface area contributed by atoms with Gasteiger partial charge in [0.15, 0.2) is 0 Å². The maximum Gasteiger partial charge on any atom is 0.271 e. The van der Waals surface area contributed by atoms with Crippen molar-refractivity contribution in [3.8, 4) is 6.07 Å². The number of aryl methyl sites for hydroxylation is 1. The van der Waals surface area contributed by atoms with Gasteiger partial charge in [-0.15, -0.1) is 0 Å². The number of aromatic nitrogens is 3. The minimum atomic E-state index is -0.0159. The van der Waals surface area contributed by atoms with Crippen molar-refractivity contribution in [2.75, 3.05) is 6.54 Å². The largest absolute Gasteiger partial charge is 0.330 e. The quantitative estimate of drug-likeness (QED) is 0.740. The summed E-state index contributed by atoms with van der Waals surface area (Å²) in [6.07, 6.45) is 5.72. The van der Waals surface area contributed by atoms with Crippen molar-refractivity contribution in [1.29, 1.82) is 5.26 Å². The molecule has 126 valence electrons. The Labute approximate surface area is 145 Å². The van der Waals surface area contributed by atoms with Crippen molar-refractivity contribution in [1.82, 2.24) is 19.2 Å². The van der Waals surface area contributed by atoms with Crippen molar-refractivity contribution in [3.05, 3.63) is 54.0 Å². The number of fused-ring (bicyclic) bond motifs is 1. The summed E-state index contributed by atoms with van der Waals surface area (Å²) in [5.41, 5.74) is 2.57. The van der Waals surface area contributed by atoms with Crippen LogP contribution in [0.3, 0.4) is 0 Å². The fourth-order valence-electron chi connectivity index (χ4n) is 3.74. The molecule has 0 N–H and O–H groups in total. The minimum Gasteiger partial charge on any atom is -0.330 e. The van der Waals surface area contributed by atoms with Gasteiger partial charge in [-0.3, -0.25) is 9.48 Å². The smallest absolute Gasteiger partial charge is 0.271 e. The van der Waals surface area contributed by atoms with Crippen LogP contribution in [0.1, 0.15) is 34.9 Å². The summed E-state index contributed by atoms with van der Waals surface area (Å²) in [7, 11) is 1.88. The number of amides is 1. The Kier molecular flexibility index (Phi) is 3.77. The molecule has 0 unspecified atom stereocenters. The minimum absolute atomic E-state index is 0.0159. The lowest BCUT2D eigenvalue weighted by atomic mass is 10.1. The second-order valence-corrected chi connectivity index (χ2v) is 6.44. The third-order valence-corrected chi connectivity index (χ3v) is 4.88. The number of nitrogens with zero attached hydrogens (tertiary/aromatic N) is 5. The predicted molar refractivity (Wildman–Crippen MR) is 93.8 cm³/mol. The normalized spacial score (nSPS) is 17.1. The highest BCUT2D eigenvalue weighted by Crippen LogP contribution is 2.33. The third-order valence-electron chi connectivity index (χ3n) is 4.88. The summed E-state index contributed by atoms with van der Waals surface area (Å²) >= 11 is 0. The average molecular weight is 333 g/mol. The molecule has 0 aliphatic carbocycles. The molecular weight excluding hydrogens is 314 g/mol. The molecule has 3 aromatic rings. The van der Waals surface area contributed by atoms with Crippen LogP contribution in [0.2, 0.25) is 0 Å². The molecular formula is C19H19N5O. The van der Waals surface area contributed by atoms with E-state index in [1.54, 1.807) is 4.68 Å². The molecule has 2 aromatic heterocycles. The van der Waals surface area contributed by atoms with E-state index in [2.05, 4.69) is 11.2 Å². The van der Waals surface area contributed by atoms with Crippen molar-refractivity contribution < 1.29 is 4.79 Å². The SMILES string of the molecule is Cn1cc([C@H]2CCCN2C(=O)c2cc3ccccc3n2CC#N)cn1. The number of para-hydroxylation sites is 1. The molecule has 1 aromatic carbocycles. The van der Waals surface area contributed by atoms with Crippen molar-refractivity contribution >= 4 is 16.8 Å². The van der Waals surface area contributed by atoms with Crippen LogP contribution in [0.5, 0.6) is 0 Å². The van der Waals surface area contributed by atoms with E-state index < -0.39 is 0 Å². The molecule has 1 amide bonds. The molecule has 1 saturated heterocycles. The lowest BCUT2D eigenvalue weighted by molar-refractivity contribution is 0.0726. The third kappa shape index (κ3) is 2.58. The molecule has 1 fully saturated rings. The first kappa shape index (κ1) is 15.5. The number of benzene rings is 1. The number of carbonyl (C=O) groups excluding carboxylic acids is 1. The van der Waals surface area contributed by atoms with Gasteiger partial charge in [-0.25, -0.2) is 0 Å². The van der Waals surface area contributed by atoms with Crippen LogP contribution < -0.4 is 0 Å². The molecule has 1 atom stereocenters. The van der Waals surface area contributed by atoms with Crippen LogP contribution >= 0.6 is 0 Å². The monoisotopic (exact) mass is 333 g/mol. The predicted octanol–water partition coefficient (Wildman–Crippen LogP) is 2.88. The number of carbonyl (C=O) groups is 1. The van der Waals surface area contributed by atoms with E-state index in [9.17, 15) is 10.1 Å². The Hall–Kier alpha value is -3.07. The van der Waals surface area contributed by atoms with Crippen LogP contribution in [-0.4, -0.2) is 31.7 Å². The number of nitriles is 1. The molecule has 1 aliphatic heterocycles. The van der Waals surface area contributed by atoms with Crippen molar-refractivity contribution in [2.24, 2.45) is 7.05 Å². The average Bonchev–Trinajstić information content (AvgIpc) is 3.33. The van der Waals surface area contributed by atoms with E-state index in [0.717, 1.165) is 35.9 Å². The highest BCUT2D eigenvalue weighted by Gasteiger charge is 2.33. The topological polar surface area (TPSA) is 66.8 Å². The molecule has 4 rings (SSSR count). The molecule has 0 saturated carbocycles. The van der Waals surface area contributed by atoms with E-state index >= 15 is 0 Å². The molecule has 1 aliphatic rings. The first-order valence-corrected chi connectivity index (χ1v) is 8.44. The summed E-state index contributed by atoms with van der Waals surface area (Å²) in [4.78, 5) is 15.2. The van der Waals surface area contributed by atoms with Crippen molar-refractivity contribution in [2.45, 2.75) is 25.4 Å². The van der Waals surface area contributed by atoms with Gasteiger partial charge < -0.3 is 9.47 Å². The van der Waals surface area contributed by atoms with Gasteiger partial charge in [0.25, 0.3) is 5.91 Å². The number of hydrogen-bond acceptors (Lipinski definition) is 3. The van der Waals surface area contributed by atoms with E-state index in [0.29, 0.717) is 5.69 Å². The van der Waals surface area contributed by atoms with Gasteiger partial charge in [0, 0.05) is 36.3 Å². The second-order valence-electron chi connectivity index (χ2n) is 6.44. The summed E-state index contributed by atoms with van der Waals surface area (Å²) in [5.74, 6) is -0.0159. The molecule has 0 radical (unpaired) electrons. The summed E-state index contributed by atoms with van der Waals surface area (Å²) in [6.45, 7) is 0.895. The summed E-state index contributed by atoms with van der Waals surface area (Å²) in [5, 5.41) is 14.4. The maximum atomic E-state index is 13.3. The van der Waals surface area contributed by atoms with E-state index in [4.69, 9.17) is 0 Å². The first-order valence-electron chi connectivity index (χ1n) is 8.44. The molecule has 6 nitrogen and oxygen atoms in total. The molecule has 0 bridgehead atoms. The Morgan fingerprint density at radius 3 is 3.00 bits per heavy atom. The van der Waals surface area contributed by atoms with Crippen LogP contribution in [0.25, 0.3) is 10.9 Å². The summed E-state index contributed by atoms with van der Waals surface area (Å²) < 4.78 is 3.58. The highest BCUT2D eigenvalue weighted by molar-refractivity contribution is 5.99. The zero-order chi connectivity index (χ0) is 17.4. The van der Waals surface area contributed by atoms with Crippen LogP contribution in [0.4, 0.5) is 0 Å². The zero-order valence-electron chi connectivity index (χ0n) is 14.1. The van der Waals surface area contributed by atoms with Crippen LogP contribution in [0, 0.1) is 11.3 Å². The van der Waals surface area contributed by atoms with Gasteiger partial charge in [0.1, 0.15) is 12.2 Å². The fraction of sp³-hybridized carbons (Fsp3) is 0.316. The maximum absolute atomic E-state index is 13.3. The molecule has 6 heteroatoms. The zero-order valence-corrected chi connectivity index (χ0v) is 14.1. The first-order chi connectivity index (χ1) is 12.2. The lowest BCUT2D eigenvalue weighted by Crippen LogP contribution is -2.32. The highest BCUT2D eigenvalue weighted by atomic mass is 16.2. The lowest BCUT2D eigenvalue weighted by Gasteiger charge is -2.24. The van der Waals surface area contributed by atoms with Crippen LogP contribution in [0.15, 0.2) is 42.7 Å². The van der Waals surface area contributed by atoms with Gasteiger partial charge in [-0.2, -0.15) is 10.4 Å². The van der Waals surface area contributed by atoms with Gasteiger partial charge in [0.05, 0.1) is 18.3 Å². The number of rotatable bonds is 3. The Morgan fingerprint density at radius 1 is 1.40 bits per heavy atom. The number of likely N-dealkylation sites (tertiary alicyclic amines) is 1. The molecule has 0 spiro atoms. The van der Waals surface area contributed by atoms with E-state index in [1.807, 2.05) is 59.2 Å². The van der Waals surface area contributed by atoms with Gasteiger partial charge in [-0.05, 0) is 25.0 Å². The Balaban J connectivity index is 1.74. The Bertz CT molecular complexity index is 977. The number of hydrogen-bond donors (Lipinski definition) is 0. The van der Waals surface area contributed by atoms with Gasteiger partial charge >= 0.3 is 0 Å². The van der Waals surface area contributed by atoms with E-state index in [1.165, 1.54) is 0 Å². The van der Waals surface area contributed by atoms with Gasteiger partial charge in [0.2, 0.25) is 0 Å². The molecule has 25 heavy (non-hydrogen) atoms. The van der Waals surface area contributed by atoms with Gasteiger partial charge in [-0.1, -0.05) is 18.2 Å². The fourth-order valence-corrected chi connectivity index (χ4v) is 3.74. The molecule has 3 heterocycles. The second kappa shape index (κ2) is 6.10. The van der Waals surface area contributed by atoms with Crippen LogP contribution in [-0.2, 0) is 13.6 Å². The summed E-state index contributed by atoms with van der Waals surface area (Å²) in [6, 6.07) is 11.9. The standard InChI is InChI=1S/C19H19N5O/c1-22-13-15(12-21-22)17-7-4-9-24(17)19(25)18-11-14-5-2-3-6-16(14)23(18)10-8-20/h2-3,5-6,11-13,17H,4,7,9-10H2,1H3/t17-/m1/s1.